The maximum absolute atomic E-state index is 12.0. The van der Waals surface area contributed by atoms with E-state index in [1.807, 2.05) is 0 Å². The molecule has 0 unspecified atom stereocenters. The van der Waals surface area contributed by atoms with Gasteiger partial charge in [-0.1, -0.05) is 77.6 Å². The summed E-state index contributed by atoms with van der Waals surface area (Å²) in [4.78, 5) is 10.3. The van der Waals surface area contributed by atoms with Gasteiger partial charge in [0.15, 0.2) is 7.14 Å². The van der Waals surface area contributed by atoms with Gasteiger partial charge in [-0.3, -0.25) is 0 Å². The van der Waals surface area contributed by atoms with E-state index >= 15 is 0 Å². The van der Waals surface area contributed by atoms with Gasteiger partial charge in [0.25, 0.3) is 0 Å². The maximum atomic E-state index is 12.0. The van der Waals surface area contributed by atoms with Crippen LogP contribution in [0.2, 0.25) is 0 Å². The van der Waals surface area contributed by atoms with Crippen LogP contribution in [0, 0.1) is 7.14 Å². The van der Waals surface area contributed by atoms with Crippen LogP contribution in [0.15, 0.2) is 66.7 Å². The van der Waals surface area contributed by atoms with Crippen molar-refractivity contribution in [3.05, 3.63) is 96.1 Å². The molecule has 1 N–H and O–H groups in total. The number of rotatable bonds is 3. The number of carboxylic acids is 1. The van der Waals surface area contributed by atoms with Crippen molar-refractivity contribution >= 4 is 5.97 Å². The Morgan fingerprint density at radius 3 is 1.37 bits per heavy atom. The van der Waals surface area contributed by atoms with Gasteiger partial charge in [-0.15, -0.1) is 0 Å². The van der Waals surface area contributed by atoms with Crippen molar-refractivity contribution in [1.29, 1.82) is 0 Å². The molecule has 3 nitrogen and oxygen atoms in total. The maximum Gasteiger partial charge on any atom is 0.416 e. The second-order valence-corrected chi connectivity index (χ2v) is 13.2. The lowest BCUT2D eigenvalue weighted by Gasteiger charge is -2.18. The number of alkyl halides is 3. The summed E-state index contributed by atoms with van der Waals surface area (Å²) in [6.45, 7) is 13.6. The first-order chi connectivity index (χ1) is 16.0. The number of carboxylic acid groups (broad SMARTS) is 1. The number of carbonyl (C=O) groups is 1. The molecule has 35 heavy (non-hydrogen) atoms. The van der Waals surface area contributed by atoms with E-state index in [9.17, 15) is 23.1 Å². The Kier molecular flexibility index (Phi) is 9.03. The van der Waals surface area contributed by atoms with Gasteiger partial charge in [0.2, 0.25) is 0 Å². The van der Waals surface area contributed by atoms with E-state index < -0.39 is 29.0 Å². The molecule has 7 heteroatoms. The monoisotopic (exact) mass is 598 g/mol. The third-order valence-electron chi connectivity index (χ3n) is 5.18. The van der Waals surface area contributed by atoms with Crippen molar-refractivity contribution in [2.75, 3.05) is 0 Å². The first-order valence-corrected chi connectivity index (χ1v) is 13.1. The Labute approximate surface area is 215 Å². The highest BCUT2D eigenvalue weighted by molar-refractivity contribution is 5.90. The minimum Gasteiger partial charge on any atom is -0.872 e. The number of halogens is 4. The van der Waals surface area contributed by atoms with Crippen LogP contribution < -0.4 is 26.3 Å². The smallest absolute Gasteiger partial charge is 0.416 e. The zero-order chi connectivity index (χ0) is 26.6. The first kappa shape index (κ1) is 28.7. The van der Waals surface area contributed by atoms with Crippen LogP contribution in [0.5, 0.6) is 5.75 Å². The van der Waals surface area contributed by atoms with Crippen LogP contribution in [0.4, 0.5) is 13.2 Å². The van der Waals surface area contributed by atoms with Crippen molar-refractivity contribution in [3.8, 4) is 5.75 Å². The summed E-state index contributed by atoms with van der Waals surface area (Å²) >= 11 is -0.0703. The molecule has 0 aliphatic carbocycles. The summed E-state index contributed by atoms with van der Waals surface area (Å²) < 4.78 is 39.0. The molecular formula is C28H30F3IO3. The number of hydrogen-bond acceptors (Lipinski definition) is 2. The van der Waals surface area contributed by atoms with Crippen molar-refractivity contribution in [1.82, 2.24) is 0 Å². The molecule has 0 radical (unpaired) electrons. The molecule has 0 atom stereocenters. The van der Waals surface area contributed by atoms with Crippen LogP contribution in [0.3, 0.4) is 0 Å². The molecule has 0 fully saturated rings. The Balaban J connectivity index is 0.000000269. The molecular weight excluding hydrogens is 568 g/mol. The van der Waals surface area contributed by atoms with Crippen molar-refractivity contribution in [3.63, 3.8) is 0 Å². The minimum absolute atomic E-state index is 0.0703. The molecule has 3 aromatic carbocycles. The highest BCUT2D eigenvalue weighted by Crippen LogP contribution is 2.31. The van der Waals surface area contributed by atoms with E-state index in [2.05, 4.69) is 90.1 Å². The van der Waals surface area contributed by atoms with E-state index in [0.717, 1.165) is 0 Å². The number of hydrogen-bond donors (Lipinski definition) is 1. The van der Waals surface area contributed by atoms with E-state index in [-0.39, 0.29) is 38.1 Å². The van der Waals surface area contributed by atoms with Crippen LogP contribution in [-0.2, 0) is 17.0 Å². The Morgan fingerprint density at radius 2 is 1.09 bits per heavy atom. The fourth-order valence-corrected chi connectivity index (χ4v) is 5.18. The molecule has 0 saturated heterocycles. The predicted octanol–water partition coefficient (Wildman–Crippen LogP) is 3.89. The molecule has 3 rings (SSSR count). The van der Waals surface area contributed by atoms with Crippen molar-refractivity contribution < 1.29 is 49.4 Å². The molecule has 3 aromatic rings. The summed E-state index contributed by atoms with van der Waals surface area (Å²) in [5.74, 6) is -2.68. The molecule has 0 heterocycles. The highest BCUT2D eigenvalue weighted by Gasteiger charge is 2.30. The van der Waals surface area contributed by atoms with Crippen LogP contribution in [0.25, 0.3) is 0 Å². The summed E-state index contributed by atoms with van der Waals surface area (Å²) in [5.41, 5.74) is 1.50. The standard InChI is InChI=1S/C20H26I.C8H5F3O3/c1-19(2,3)15-7-11-17(12-8-15)21-18-13-9-16(10-14-18)20(4,5)6;9-8(10,11)4-1-2-5(7(13)14)6(12)3-4/h7-14H,1-6H3;1-3,12H,(H,13,14)/q+1;/p-1. The second-order valence-electron chi connectivity index (χ2n) is 10.1. The fourth-order valence-electron chi connectivity index (χ4n) is 3.03. The Hall–Kier alpha value is -2.55. The van der Waals surface area contributed by atoms with E-state index in [1.165, 1.54) is 18.3 Å². The molecule has 0 amide bonds. The third kappa shape index (κ3) is 8.56. The van der Waals surface area contributed by atoms with E-state index in [1.54, 1.807) is 0 Å². The van der Waals surface area contributed by atoms with Crippen molar-refractivity contribution in [2.24, 2.45) is 0 Å². The highest BCUT2D eigenvalue weighted by atomic mass is 127. The van der Waals surface area contributed by atoms with Gasteiger partial charge in [0, 0.05) is 0 Å². The third-order valence-corrected chi connectivity index (χ3v) is 7.86. The molecule has 0 aromatic heterocycles. The lowest BCUT2D eigenvalue weighted by atomic mass is 9.87. The normalized spacial score (nSPS) is 12.0. The zero-order valence-corrected chi connectivity index (χ0v) is 22.8. The predicted molar refractivity (Wildman–Crippen MR) is 126 cm³/mol. The van der Waals surface area contributed by atoms with Gasteiger partial charge in [-0.05, 0) is 58.4 Å². The average Bonchev–Trinajstić information content (AvgIpc) is 2.73. The summed E-state index contributed by atoms with van der Waals surface area (Å²) in [6, 6.07) is 19.9. The molecule has 0 spiro atoms. The molecule has 0 bridgehead atoms. The second kappa shape index (κ2) is 11.0. The topological polar surface area (TPSA) is 60.4 Å². The lowest BCUT2D eigenvalue weighted by molar-refractivity contribution is -0.597. The Bertz CT molecular complexity index is 1080. The van der Waals surface area contributed by atoms with Gasteiger partial charge in [-0.2, -0.15) is 13.2 Å². The van der Waals surface area contributed by atoms with Gasteiger partial charge < -0.3 is 10.2 Å². The van der Waals surface area contributed by atoms with E-state index in [4.69, 9.17) is 5.11 Å². The zero-order valence-electron chi connectivity index (χ0n) is 20.6. The largest absolute Gasteiger partial charge is 0.872 e. The van der Waals surface area contributed by atoms with Crippen LogP contribution >= 0.6 is 0 Å². The van der Waals surface area contributed by atoms with Crippen LogP contribution in [0.1, 0.15) is 68.6 Å². The molecule has 0 aliphatic heterocycles. The number of aromatic carboxylic acids is 1. The summed E-state index contributed by atoms with van der Waals surface area (Å²) in [7, 11) is 0. The molecule has 0 saturated carbocycles. The van der Waals surface area contributed by atoms with Gasteiger partial charge in [-0.25, -0.2) is 4.79 Å². The summed E-state index contributed by atoms with van der Waals surface area (Å²) in [5, 5.41) is 19.2. The fraction of sp³-hybridized carbons (Fsp3) is 0.321. The Morgan fingerprint density at radius 1 is 0.714 bits per heavy atom. The van der Waals surface area contributed by atoms with Gasteiger partial charge in [0.1, 0.15) is 0 Å². The lowest BCUT2D eigenvalue weighted by Crippen LogP contribution is -3.61. The SMILES string of the molecule is CC(C)(C)c1ccc([I+]c2ccc(C(C)(C)C)cc2)cc1.O=C(O)c1ccc(C(F)(F)F)cc1[O-]. The number of benzene rings is 3. The van der Waals surface area contributed by atoms with Gasteiger partial charge in [0.05, 0.1) is 11.1 Å². The van der Waals surface area contributed by atoms with Crippen LogP contribution in [-0.4, -0.2) is 11.1 Å². The molecule has 188 valence electrons. The van der Waals surface area contributed by atoms with Crippen molar-refractivity contribution in [2.45, 2.75) is 58.5 Å². The van der Waals surface area contributed by atoms with E-state index in [0.29, 0.717) is 12.1 Å². The first-order valence-electron chi connectivity index (χ1n) is 11.0. The quantitative estimate of drug-likeness (QED) is 0.466. The minimum atomic E-state index is -4.63. The summed E-state index contributed by atoms with van der Waals surface area (Å²) in [6.07, 6.45) is -4.63. The average molecular weight is 598 g/mol. The van der Waals surface area contributed by atoms with Gasteiger partial charge >= 0.3 is 33.4 Å². The molecule has 0 aliphatic rings.